The molecule has 14 heavy (non-hydrogen) atoms. The van der Waals surface area contributed by atoms with E-state index in [-0.39, 0.29) is 19.0 Å². The molecule has 1 aliphatic rings. The molecular weight excluding hydrogens is 196 g/mol. The Hall–Kier alpha value is -0.750. The van der Waals surface area contributed by atoms with Crippen LogP contribution < -0.4 is 0 Å². The lowest BCUT2D eigenvalue weighted by Crippen LogP contribution is -2.55. The maximum atomic E-state index is 12.4. The monoisotopic (exact) mass is 209 g/mol. The topological polar surface area (TPSA) is 60.8 Å². The highest BCUT2D eigenvalue weighted by Gasteiger charge is 2.40. The van der Waals surface area contributed by atoms with Crippen molar-refractivity contribution in [2.75, 3.05) is 13.1 Å². The molecule has 1 aliphatic heterocycles. The molecule has 1 fully saturated rings. The first-order chi connectivity index (χ1) is 6.43. The number of aliphatic hydroxyl groups is 2. The van der Waals surface area contributed by atoms with Crippen LogP contribution in [0.2, 0.25) is 0 Å². The first-order valence-electron chi connectivity index (χ1n) is 4.33. The van der Waals surface area contributed by atoms with Gasteiger partial charge in [0.1, 0.15) is 0 Å². The van der Waals surface area contributed by atoms with Gasteiger partial charge >= 0.3 is 0 Å². The Balaban J connectivity index is 2.71. The number of likely N-dealkylation sites (tertiary alicyclic amines) is 1. The smallest absolute Gasteiger partial charge is 0.245 e. The summed E-state index contributed by atoms with van der Waals surface area (Å²) in [4.78, 5) is 12.0. The molecule has 0 radical (unpaired) electrons. The average Bonchev–Trinajstić information content (AvgIpc) is 2.08. The Morgan fingerprint density at radius 2 is 2.00 bits per heavy atom. The van der Waals surface area contributed by atoms with E-state index in [2.05, 4.69) is 0 Å². The summed E-state index contributed by atoms with van der Waals surface area (Å²) in [7, 11) is 0. The highest BCUT2D eigenvalue weighted by molar-refractivity contribution is 5.73. The SMILES string of the molecule is CC(=O)N1CC(O)C(O)C(C(F)F)C1. The third kappa shape index (κ3) is 2.19. The largest absolute Gasteiger partial charge is 0.390 e. The number of β-amino-alcohol motifs (C(OH)–C–C–N with tert-alkyl or cyclic N) is 1. The molecule has 0 bridgehead atoms. The van der Waals surface area contributed by atoms with Crippen LogP contribution in [0.4, 0.5) is 8.78 Å². The van der Waals surface area contributed by atoms with Crippen LogP contribution in [0.3, 0.4) is 0 Å². The van der Waals surface area contributed by atoms with E-state index in [1.165, 1.54) is 6.92 Å². The molecule has 1 amide bonds. The standard InChI is InChI=1S/C8H13F2NO3/c1-4(12)11-2-5(8(9)10)7(14)6(13)3-11/h5-8,13-14H,2-3H2,1H3. The summed E-state index contributed by atoms with van der Waals surface area (Å²) in [5.74, 6) is -1.73. The van der Waals surface area contributed by atoms with Crippen molar-refractivity contribution < 1.29 is 23.8 Å². The van der Waals surface area contributed by atoms with Crippen molar-refractivity contribution in [1.29, 1.82) is 0 Å². The molecule has 1 heterocycles. The molecule has 3 atom stereocenters. The zero-order valence-electron chi connectivity index (χ0n) is 7.73. The van der Waals surface area contributed by atoms with Crippen LogP contribution in [0.15, 0.2) is 0 Å². The number of carbonyl (C=O) groups excluding carboxylic acids is 1. The predicted molar refractivity (Wildman–Crippen MR) is 43.8 cm³/mol. The summed E-state index contributed by atoms with van der Waals surface area (Å²) in [5, 5.41) is 18.5. The van der Waals surface area contributed by atoms with Gasteiger partial charge in [-0.2, -0.15) is 0 Å². The predicted octanol–water partition coefficient (Wildman–Crippen LogP) is -0.548. The van der Waals surface area contributed by atoms with Crippen LogP contribution in [0.25, 0.3) is 0 Å². The second-order valence-corrected chi connectivity index (χ2v) is 3.48. The van der Waals surface area contributed by atoms with E-state index in [1.807, 2.05) is 0 Å². The molecule has 82 valence electrons. The van der Waals surface area contributed by atoms with Crippen LogP contribution in [0.5, 0.6) is 0 Å². The highest BCUT2D eigenvalue weighted by atomic mass is 19.3. The third-order valence-electron chi connectivity index (χ3n) is 2.44. The Morgan fingerprint density at radius 3 is 2.43 bits per heavy atom. The summed E-state index contributed by atoms with van der Waals surface area (Å²) >= 11 is 0. The number of piperidine rings is 1. The fraction of sp³-hybridized carbons (Fsp3) is 0.875. The fourth-order valence-electron chi connectivity index (χ4n) is 1.54. The highest BCUT2D eigenvalue weighted by Crippen LogP contribution is 2.23. The summed E-state index contributed by atoms with van der Waals surface area (Å²) in [5.41, 5.74) is 0. The maximum Gasteiger partial charge on any atom is 0.245 e. The molecule has 3 unspecified atom stereocenters. The van der Waals surface area contributed by atoms with Gasteiger partial charge < -0.3 is 15.1 Å². The van der Waals surface area contributed by atoms with Gasteiger partial charge in [0.05, 0.1) is 18.1 Å². The molecule has 0 aromatic carbocycles. The normalized spacial score (nSPS) is 33.6. The van der Waals surface area contributed by atoms with Crippen molar-refractivity contribution in [2.24, 2.45) is 5.92 Å². The van der Waals surface area contributed by atoms with Crippen LogP contribution in [0, 0.1) is 5.92 Å². The molecule has 0 aliphatic carbocycles. The van der Waals surface area contributed by atoms with Crippen LogP contribution in [0.1, 0.15) is 6.92 Å². The van der Waals surface area contributed by atoms with Crippen LogP contribution >= 0.6 is 0 Å². The van der Waals surface area contributed by atoms with Crippen LogP contribution in [-0.4, -0.2) is 52.7 Å². The molecule has 1 rings (SSSR count). The molecule has 1 saturated heterocycles. The van der Waals surface area contributed by atoms with E-state index in [1.54, 1.807) is 0 Å². The number of hydrogen-bond donors (Lipinski definition) is 2. The summed E-state index contributed by atoms with van der Waals surface area (Å²) < 4.78 is 24.7. The number of aliphatic hydroxyl groups excluding tert-OH is 2. The first kappa shape index (κ1) is 11.3. The lowest BCUT2D eigenvalue weighted by Gasteiger charge is -2.38. The van der Waals surface area contributed by atoms with Crippen molar-refractivity contribution in [3.63, 3.8) is 0 Å². The summed E-state index contributed by atoms with van der Waals surface area (Å²) in [6, 6.07) is 0. The Kier molecular flexibility index (Phi) is 3.38. The molecule has 0 aromatic rings. The first-order valence-corrected chi connectivity index (χ1v) is 4.33. The molecule has 0 saturated carbocycles. The van der Waals surface area contributed by atoms with Gasteiger partial charge in [0, 0.05) is 20.0 Å². The van der Waals surface area contributed by atoms with Gasteiger partial charge in [-0.05, 0) is 0 Å². The Bertz CT molecular complexity index is 225. The Labute approximate surface area is 80.1 Å². The number of alkyl halides is 2. The summed E-state index contributed by atoms with van der Waals surface area (Å²) in [6.45, 7) is 0.956. The number of amides is 1. The van der Waals surface area contributed by atoms with E-state index in [0.29, 0.717) is 0 Å². The number of halogens is 2. The molecule has 6 heteroatoms. The molecule has 4 nitrogen and oxygen atoms in total. The van der Waals surface area contributed by atoms with E-state index < -0.39 is 24.6 Å². The maximum absolute atomic E-state index is 12.4. The molecule has 0 aromatic heterocycles. The molecule has 0 spiro atoms. The minimum atomic E-state index is -2.73. The van der Waals surface area contributed by atoms with Crippen molar-refractivity contribution in [3.05, 3.63) is 0 Å². The van der Waals surface area contributed by atoms with Gasteiger partial charge in [-0.25, -0.2) is 8.78 Å². The van der Waals surface area contributed by atoms with Crippen molar-refractivity contribution in [3.8, 4) is 0 Å². The van der Waals surface area contributed by atoms with Crippen molar-refractivity contribution >= 4 is 5.91 Å². The van der Waals surface area contributed by atoms with Gasteiger partial charge in [-0.3, -0.25) is 4.79 Å². The fourth-order valence-corrected chi connectivity index (χ4v) is 1.54. The van der Waals surface area contributed by atoms with Gasteiger partial charge in [0.15, 0.2) is 0 Å². The third-order valence-corrected chi connectivity index (χ3v) is 2.44. The second kappa shape index (κ2) is 4.18. The number of nitrogens with zero attached hydrogens (tertiary/aromatic N) is 1. The average molecular weight is 209 g/mol. The van der Waals surface area contributed by atoms with E-state index in [0.717, 1.165) is 4.90 Å². The van der Waals surface area contributed by atoms with E-state index >= 15 is 0 Å². The number of carbonyl (C=O) groups is 1. The zero-order chi connectivity index (χ0) is 10.9. The lowest BCUT2D eigenvalue weighted by atomic mass is 9.93. The number of hydrogen-bond acceptors (Lipinski definition) is 3. The Morgan fingerprint density at radius 1 is 1.43 bits per heavy atom. The van der Waals surface area contributed by atoms with Gasteiger partial charge in [0.2, 0.25) is 12.3 Å². The van der Waals surface area contributed by atoms with E-state index in [4.69, 9.17) is 0 Å². The second-order valence-electron chi connectivity index (χ2n) is 3.48. The van der Waals surface area contributed by atoms with Gasteiger partial charge in [-0.1, -0.05) is 0 Å². The zero-order valence-corrected chi connectivity index (χ0v) is 7.73. The minimum absolute atomic E-state index is 0.0836. The lowest BCUT2D eigenvalue weighted by molar-refractivity contribution is -0.148. The quantitative estimate of drug-likeness (QED) is 0.609. The van der Waals surface area contributed by atoms with Crippen molar-refractivity contribution in [2.45, 2.75) is 25.6 Å². The molecular formula is C8H13F2NO3. The van der Waals surface area contributed by atoms with E-state index in [9.17, 15) is 23.8 Å². The molecule has 2 N–H and O–H groups in total. The number of rotatable bonds is 1. The van der Waals surface area contributed by atoms with Crippen LogP contribution in [-0.2, 0) is 4.79 Å². The van der Waals surface area contributed by atoms with Crippen molar-refractivity contribution in [1.82, 2.24) is 4.90 Å². The van der Waals surface area contributed by atoms with Gasteiger partial charge in [0.25, 0.3) is 0 Å². The van der Waals surface area contributed by atoms with Gasteiger partial charge in [-0.15, -0.1) is 0 Å². The summed E-state index contributed by atoms with van der Waals surface area (Å²) in [6.07, 6.45) is -5.47. The minimum Gasteiger partial charge on any atom is -0.390 e.